The lowest BCUT2D eigenvalue weighted by Gasteiger charge is -2.28. The first-order valence-electron chi connectivity index (χ1n) is 5.27. The SMILES string of the molecule is CSCCN(C)CC(=O)N1CCOCC1. The summed E-state index contributed by atoms with van der Waals surface area (Å²) in [4.78, 5) is 15.8. The molecule has 1 rings (SSSR count). The second kappa shape index (κ2) is 7.09. The fraction of sp³-hybridized carbons (Fsp3) is 0.900. The minimum atomic E-state index is 0.224. The van der Waals surface area contributed by atoms with Crippen molar-refractivity contribution >= 4 is 17.7 Å². The second-order valence-electron chi connectivity index (χ2n) is 3.72. The van der Waals surface area contributed by atoms with Crippen LogP contribution < -0.4 is 0 Å². The van der Waals surface area contributed by atoms with Gasteiger partial charge in [0, 0.05) is 25.4 Å². The molecule has 88 valence electrons. The molecule has 0 aliphatic carbocycles. The quantitative estimate of drug-likeness (QED) is 0.675. The van der Waals surface area contributed by atoms with Crippen LogP contribution in [0.2, 0.25) is 0 Å². The van der Waals surface area contributed by atoms with E-state index in [2.05, 4.69) is 11.2 Å². The summed E-state index contributed by atoms with van der Waals surface area (Å²) < 4.78 is 5.21. The Bertz CT molecular complexity index is 196. The molecule has 1 amide bonds. The molecule has 0 radical (unpaired) electrons. The van der Waals surface area contributed by atoms with Gasteiger partial charge < -0.3 is 9.64 Å². The minimum absolute atomic E-state index is 0.224. The molecule has 1 aliphatic rings. The van der Waals surface area contributed by atoms with Gasteiger partial charge >= 0.3 is 0 Å². The Morgan fingerprint density at radius 2 is 2.13 bits per heavy atom. The zero-order chi connectivity index (χ0) is 11.1. The molecule has 5 heteroatoms. The van der Waals surface area contributed by atoms with Gasteiger partial charge in [-0.1, -0.05) is 0 Å². The van der Waals surface area contributed by atoms with Gasteiger partial charge in [-0.25, -0.2) is 0 Å². The molecule has 0 atom stereocenters. The predicted molar refractivity (Wildman–Crippen MR) is 63.3 cm³/mol. The molecule has 0 saturated carbocycles. The van der Waals surface area contributed by atoms with Crippen LogP contribution in [0.3, 0.4) is 0 Å². The maximum atomic E-state index is 11.8. The fourth-order valence-corrected chi connectivity index (χ4v) is 1.96. The number of rotatable bonds is 5. The van der Waals surface area contributed by atoms with Crippen molar-refractivity contribution in [2.75, 3.05) is 58.4 Å². The Morgan fingerprint density at radius 3 is 2.73 bits per heavy atom. The van der Waals surface area contributed by atoms with Crippen molar-refractivity contribution in [2.45, 2.75) is 0 Å². The summed E-state index contributed by atoms with van der Waals surface area (Å²) in [5.74, 6) is 1.30. The molecule has 15 heavy (non-hydrogen) atoms. The molecule has 4 nitrogen and oxygen atoms in total. The van der Waals surface area contributed by atoms with Gasteiger partial charge in [0.15, 0.2) is 0 Å². The van der Waals surface area contributed by atoms with Crippen LogP contribution in [0.5, 0.6) is 0 Å². The highest BCUT2D eigenvalue weighted by Gasteiger charge is 2.17. The highest BCUT2D eigenvalue weighted by atomic mass is 32.2. The van der Waals surface area contributed by atoms with E-state index in [4.69, 9.17) is 4.74 Å². The van der Waals surface area contributed by atoms with Gasteiger partial charge in [0.25, 0.3) is 0 Å². The average Bonchev–Trinajstić information content (AvgIpc) is 2.27. The first-order valence-corrected chi connectivity index (χ1v) is 6.66. The third-order valence-electron chi connectivity index (χ3n) is 2.45. The van der Waals surface area contributed by atoms with Crippen molar-refractivity contribution in [2.24, 2.45) is 0 Å². The van der Waals surface area contributed by atoms with Crippen LogP contribution in [0, 0.1) is 0 Å². The van der Waals surface area contributed by atoms with E-state index in [1.807, 2.05) is 11.9 Å². The van der Waals surface area contributed by atoms with E-state index in [1.165, 1.54) is 0 Å². The molecular weight excluding hydrogens is 212 g/mol. The van der Waals surface area contributed by atoms with Gasteiger partial charge in [0.1, 0.15) is 0 Å². The van der Waals surface area contributed by atoms with Crippen molar-refractivity contribution < 1.29 is 9.53 Å². The number of hydrogen-bond donors (Lipinski definition) is 0. The molecule has 0 aromatic rings. The Kier molecular flexibility index (Phi) is 6.05. The first kappa shape index (κ1) is 12.8. The molecule has 0 bridgehead atoms. The highest BCUT2D eigenvalue weighted by Crippen LogP contribution is 1.99. The van der Waals surface area contributed by atoms with Gasteiger partial charge in [-0.2, -0.15) is 11.8 Å². The van der Waals surface area contributed by atoms with Crippen LogP contribution in [0.25, 0.3) is 0 Å². The van der Waals surface area contributed by atoms with Crippen molar-refractivity contribution in [3.63, 3.8) is 0 Å². The predicted octanol–water partition coefficient (Wildman–Crippen LogP) is 0.140. The van der Waals surface area contributed by atoms with Crippen LogP contribution in [0.4, 0.5) is 0 Å². The zero-order valence-electron chi connectivity index (χ0n) is 9.57. The third-order valence-corrected chi connectivity index (χ3v) is 3.04. The monoisotopic (exact) mass is 232 g/mol. The van der Waals surface area contributed by atoms with Crippen molar-refractivity contribution in [3.8, 4) is 0 Å². The molecule has 0 spiro atoms. The number of nitrogens with zero attached hydrogens (tertiary/aromatic N) is 2. The van der Waals surface area contributed by atoms with E-state index < -0.39 is 0 Å². The molecule has 0 aromatic heterocycles. The van der Waals surface area contributed by atoms with Crippen LogP contribution in [-0.4, -0.2) is 74.2 Å². The van der Waals surface area contributed by atoms with Crippen LogP contribution in [0.1, 0.15) is 0 Å². The van der Waals surface area contributed by atoms with Gasteiger partial charge in [0.05, 0.1) is 19.8 Å². The van der Waals surface area contributed by atoms with Crippen molar-refractivity contribution in [1.82, 2.24) is 9.80 Å². The molecule has 0 N–H and O–H groups in total. The normalized spacial score (nSPS) is 17.1. The number of morpholine rings is 1. The molecule has 1 aliphatic heterocycles. The smallest absolute Gasteiger partial charge is 0.236 e. The Hall–Kier alpha value is -0.260. The molecule has 1 heterocycles. The number of likely N-dealkylation sites (N-methyl/N-ethyl adjacent to an activating group) is 1. The minimum Gasteiger partial charge on any atom is -0.378 e. The van der Waals surface area contributed by atoms with E-state index in [9.17, 15) is 4.79 Å². The van der Waals surface area contributed by atoms with E-state index in [0.29, 0.717) is 19.8 Å². The largest absolute Gasteiger partial charge is 0.378 e. The number of thioether (sulfide) groups is 1. The Morgan fingerprint density at radius 1 is 1.47 bits per heavy atom. The highest BCUT2D eigenvalue weighted by molar-refractivity contribution is 7.98. The van der Waals surface area contributed by atoms with E-state index in [1.54, 1.807) is 11.8 Å². The van der Waals surface area contributed by atoms with Gasteiger partial charge in [-0.15, -0.1) is 0 Å². The molecule has 0 unspecified atom stereocenters. The van der Waals surface area contributed by atoms with Gasteiger partial charge in [-0.05, 0) is 13.3 Å². The topological polar surface area (TPSA) is 32.8 Å². The number of ether oxygens (including phenoxy) is 1. The third kappa shape index (κ3) is 4.86. The maximum Gasteiger partial charge on any atom is 0.236 e. The molecule has 0 aromatic carbocycles. The van der Waals surface area contributed by atoms with E-state index in [-0.39, 0.29) is 5.91 Å². The van der Waals surface area contributed by atoms with Crippen LogP contribution in [-0.2, 0) is 9.53 Å². The van der Waals surface area contributed by atoms with E-state index in [0.717, 1.165) is 25.4 Å². The Balaban J connectivity index is 2.21. The van der Waals surface area contributed by atoms with Gasteiger partial charge in [-0.3, -0.25) is 9.69 Å². The van der Waals surface area contributed by atoms with Crippen LogP contribution >= 0.6 is 11.8 Å². The summed E-state index contributed by atoms with van der Waals surface area (Å²) in [5.41, 5.74) is 0. The summed E-state index contributed by atoms with van der Waals surface area (Å²) in [6.07, 6.45) is 2.08. The fourth-order valence-electron chi connectivity index (χ4n) is 1.47. The second-order valence-corrected chi connectivity index (χ2v) is 4.71. The Labute approximate surface area is 95.9 Å². The van der Waals surface area contributed by atoms with Crippen molar-refractivity contribution in [1.29, 1.82) is 0 Å². The van der Waals surface area contributed by atoms with E-state index >= 15 is 0 Å². The molecule has 1 saturated heterocycles. The number of carbonyl (C=O) groups is 1. The molecular formula is C10H20N2O2S. The maximum absolute atomic E-state index is 11.8. The first-order chi connectivity index (χ1) is 7.24. The average molecular weight is 232 g/mol. The van der Waals surface area contributed by atoms with Crippen LogP contribution in [0.15, 0.2) is 0 Å². The lowest BCUT2D eigenvalue weighted by molar-refractivity contribution is -0.136. The number of hydrogen-bond acceptors (Lipinski definition) is 4. The zero-order valence-corrected chi connectivity index (χ0v) is 10.4. The van der Waals surface area contributed by atoms with Crippen molar-refractivity contribution in [3.05, 3.63) is 0 Å². The van der Waals surface area contributed by atoms with Gasteiger partial charge in [0.2, 0.25) is 5.91 Å². The summed E-state index contributed by atoms with van der Waals surface area (Å²) in [6, 6.07) is 0. The lowest BCUT2D eigenvalue weighted by Crippen LogP contribution is -2.45. The summed E-state index contributed by atoms with van der Waals surface area (Å²) >= 11 is 1.81. The lowest BCUT2D eigenvalue weighted by atomic mass is 10.4. The standard InChI is InChI=1S/C10H20N2O2S/c1-11(5-8-15-2)9-10(13)12-3-6-14-7-4-12/h3-9H2,1-2H3. The number of amides is 1. The summed E-state index contributed by atoms with van der Waals surface area (Å²) in [7, 11) is 1.99. The summed E-state index contributed by atoms with van der Waals surface area (Å²) in [6.45, 7) is 4.35. The number of carbonyl (C=O) groups excluding carboxylic acids is 1. The summed E-state index contributed by atoms with van der Waals surface area (Å²) in [5, 5.41) is 0. The molecule has 1 fully saturated rings.